The van der Waals surface area contributed by atoms with Gasteiger partial charge in [-0.1, -0.05) is 5.21 Å². The first kappa shape index (κ1) is 22.5. The summed E-state index contributed by atoms with van der Waals surface area (Å²) in [5.74, 6) is -1.82. The molecule has 3 aliphatic rings. The van der Waals surface area contributed by atoms with Crippen LogP contribution in [-0.2, 0) is 0 Å². The van der Waals surface area contributed by atoms with Gasteiger partial charge in [0.15, 0.2) is 0 Å². The van der Waals surface area contributed by atoms with E-state index < -0.39 is 5.92 Å². The molecule has 2 N–H and O–H groups in total. The molecule has 8 nitrogen and oxygen atoms in total. The molecule has 7 rings (SSSR count). The largest absolute Gasteiger partial charge is 0.399 e. The van der Waals surface area contributed by atoms with E-state index in [0.29, 0.717) is 11.1 Å². The third-order valence-electron chi connectivity index (χ3n) is 8.45. The number of benzene rings is 1. The minimum Gasteiger partial charge on any atom is -0.399 e. The number of aromatic nitrogens is 5. The second-order valence-electron chi connectivity index (χ2n) is 10.9. The molecule has 0 radical (unpaired) electrons. The zero-order valence-corrected chi connectivity index (χ0v) is 20.7. The molecule has 1 spiro atoms. The highest BCUT2D eigenvalue weighted by Gasteiger charge is 2.44. The van der Waals surface area contributed by atoms with Crippen LogP contribution in [0, 0.1) is 5.41 Å². The molecular weight excluding hydrogens is 474 g/mol. The molecule has 0 amide bonds. The van der Waals surface area contributed by atoms with Crippen LogP contribution in [0.25, 0.3) is 22.5 Å². The fourth-order valence-corrected chi connectivity index (χ4v) is 5.85. The molecule has 1 aliphatic carbocycles. The number of pyridine rings is 1. The van der Waals surface area contributed by atoms with Crippen LogP contribution in [0.1, 0.15) is 38.5 Å². The van der Waals surface area contributed by atoms with Crippen LogP contribution in [-0.4, -0.2) is 56.7 Å². The van der Waals surface area contributed by atoms with Gasteiger partial charge in [0.1, 0.15) is 11.5 Å². The van der Waals surface area contributed by atoms with Gasteiger partial charge in [-0.25, -0.2) is 18.0 Å². The van der Waals surface area contributed by atoms with Crippen LogP contribution in [0.3, 0.4) is 0 Å². The lowest BCUT2D eigenvalue weighted by atomic mass is 9.93. The van der Waals surface area contributed by atoms with Crippen molar-refractivity contribution in [2.45, 2.75) is 44.4 Å². The Bertz CT molecular complexity index is 1450. The van der Waals surface area contributed by atoms with E-state index in [2.05, 4.69) is 20.3 Å². The second kappa shape index (κ2) is 8.16. The number of nitrogens with zero attached hydrogens (tertiary/aromatic N) is 7. The minimum absolute atomic E-state index is 0.159. The van der Waals surface area contributed by atoms with Crippen molar-refractivity contribution in [2.75, 3.05) is 41.7 Å². The predicted octanol–water partition coefficient (Wildman–Crippen LogP) is 4.78. The van der Waals surface area contributed by atoms with E-state index in [-0.39, 0.29) is 25.9 Å². The first-order valence-corrected chi connectivity index (χ1v) is 13.1. The molecule has 1 saturated carbocycles. The van der Waals surface area contributed by atoms with E-state index >= 15 is 0 Å². The zero-order chi connectivity index (χ0) is 25.2. The topological polar surface area (TPSA) is 80.5 Å². The number of fused-ring (bicyclic) bond motifs is 1. The molecule has 0 unspecified atom stereocenters. The van der Waals surface area contributed by atoms with Gasteiger partial charge in [-0.05, 0) is 67.5 Å². The van der Waals surface area contributed by atoms with Crippen molar-refractivity contribution in [3.63, 3.8) is 0 Å². The van der Waals surface area contributed by atoms with E-state index in [1.165, 1.54) is 25.7 Å². The van der Waals surface area contributed by atoms with Crippen molar-refractivity contribution in [1.82, 2.24) is 24.6 Å². The number of halogens is 2. The van der Waals surface area contributed by atoms with E-state index in [0.717, 1.165) is 47.0 Å². The highest BCUT2D eigenvalue weighted by atomic mass is 19.3. The Hall–Kier alpha value is -3.69. The van der Waals surface area contributed by atoms with Gasteiger partial charge in [0.25, 0.3) is 5.92 Å². The Morgan fingerprint density at radius 2 is 1.57 bits per heavy atom. The maximum atomic E-state index is 13.8. The van der Waals surface area contributed by atoms with Gasteiger partial charge in [-0.3, -0.25) is 0 Å². The smallest absolute Gasteiger partial charge is 0.251 e. The second-order valence-corrected chi connectivity index (χ2v) is 10.9. The van der Waals surface area contributed by atoms with Crippen LogP contribution in [0.4, 0.5) is 26.0 Å². The third kappa shape index (κ3) is 4.08. The molecular formula is C27H30F2N8. The van der Waals surface area contributed by atoms with Gasteiger partial charge in [-0.15, -0.1) is 5.10 Å². The summed E-state index contributed by atoms with van der Waals surface area (Å²) in [5, 5.41) is 13.4. The summed E-state index contributed by atoms with van der Waals surface area (Å²) in [7, 11) is 0. The van der Waals surface area contributed by atoms with Gasteiger partial charge < -0.3 is 15.5 Å². The first-order valence-electron chi connectivity index (χ1n) is 13.1. The molecule has 37 heavy (non-hydrogen) atoms. The molecule has 0 bridgehead atoms. The van der Waals surface area contributed by atoms with Crippen molar-refractivity contribution in [1.29, 1.82) is 0 Å². The SMILES string of the molecule is Nc1ccc(-n2cc(-c3cc(N4CCC(F)(F)CC4)n4nccc4c3)nn2)c(N2CCC3(CC2)CC3)c1. The molecule has 3 fully saturated rings. The lowest BCUT2D eigenvalue weighted by Crippen LogP contribution is -2.40. The highest BCUT2D eigenvalue weighted by molar-refractivity contribution is 5.72. The van der Waals surface area contributed by atoms with Gasteiger partial charge >= 0.3 is 0 Å². The van der Waals surface area contributed by atoms with Crippen molar-refractivity contribution >= 4 is 22.7 Å². The average molecular weight is 505 g/mol. The summed E-state index contributed by atoms with van der Waals surface area (Å²) >= 11 is 0. The molecule has 1 aromatic carbocycles. The van der Waals surface area contributed by atoms with Gasteiger partial charge in [0, 0.05) is 50.3 Å². The van der Waals surface area contributed by atoms with Crippen LogP contribution in [0.5, 0.6) is 0 Å². The number of nitrogen functional groups attached to an aromatic ring is 1. The summed E-state index contributed by atoms with van der Waals surface area (Å²) in [6.45, 7) is 2.61. The van der Waals surface area contributed by atoms with Gasteiger partial charge in [-0.2, -0.15) is 5.10 Å². The monoisotopic (exact) mass is 504 g/mol. The van der Waals surface area contributed by atoms with E-state index in [9.17, 15) is 8.78 Å². The lowest BCUT2D eigenvalue weighted by Gasteiger charge is -2.35. The molecule has 5 heterocycles. The molecule has 2 saturated heterocycles. The summed E-state index contributed by atoms with van der Waals surface area (Å²) in [6.07, 6.45) is 8.50. The normalized spacial score (nSPS) is 20.6. The number of hydrogen-bond donors (Lipinski definition) is 1. The Morgan fingerprint density at radius 1 is 0.811 bits per heavy atom. The van der Waals surface area contributed by atoms with Crippen LogP contribution >= 0.6 is 0 Å². The molecule has 3 aromatic heterocycles. The van der Waals surface area contributed by atoms with Crippen molar-refractivity contribution in [3.8, 4) is 16.9 Å². The number of hydrogen-bond acceptors (Lipinski definition) is 6. The zero-order valence-electron chi connectivity index (χ0n) is 20.7. The molecule has 10 heteroatoms. The lowest BCUT2D eigenvalue weighted by molar-refractivity contribution is -0.0222. The first-order chi connectivity index (χ1) is 17.9. The maximum absolute atomic E-state index is 13.8. The Labute approximate surface area is 213 Å². The van der Waals surface area contributed by atoms with Crippen LogP contribution in [0.2, 0.25) is 0 Å². The fourth-order valence-electron chi connectivity index (χ4n) is 5.85. The summed E-state index contributed by atoms with van der Waals surface area (Å²) < 4.78 is 31.2. The predicted molar refractivity (Wildman–Crippen MR) is 139 cm³/mol. The summed E-state index contributed by atoms with van der Waals surface area (Å²) in [4.78, 5) is 4.39. The van der Waals surface area contributed by atoms with Crippen molar-refractivity contribution in [2.24, 2.45) is 5.41 Å². The van der Waals surface area contributed by atoms with E-state index in [4.69, 9.17) is 5.73 Å². The van der Waals surface area contributed by atoms with E-state index in [1.54, 1.807) is 10.7 Å². The Morgan fingerprint density at radius 3 is 2.32 bits per heavy atom. The fraction of sp³-hybridized carbons (Fsp3) is 0.444. The minimum atomic E-state index is -2.61. The van der Waals surface area contributed by atoms with Crippen LogP contribution in [0.15, 0.2) is 48.8 Å². The maximum Gasteiger partial charge on any atom is 0.251 e. The van der Waals surface area contributed by atoms with Crippen molar-refractivity contribution in [3.05, 3.63) is 48.8 Å². The average Bonchev–Trinajstić information content (AvgIpc) is 3.27. The Kier molecular flexibility index (Phi) is 4.96. The van der Waals surface area contributed by atoms with Crippen LogP contribution < -0.4 is 15.5 Å². The summed E-state index contributed by atoms with van der Waals surface area (Å²) in [5.41, 5.74) is 12.0. The number of nitrogens with two attached hydrogens (primary N) is 1. The van der Waals surface area contributed by atoms with Gasteiger partial charge in [0.05, 0.1) is 29.3 Å². The quantitative estimate of drug-likeness (QED) is 0.403. The number of rotatable bonds is 4. The number of alkyl halides is 2. The standard InChI is InChI=1S/C27H30F2N8/c28-27(29)8-13-35(14-9-27)25-16-19(15-21-3-10-31-37(21)25)22-18-36(33-32-22)23-2-1-20(30)17-24(23)34-11-6-26(4-5-26)7-12-34/h1-3,10,15-18H,4-9,11-14,30H2. The Balaban J connectivity index is 1.22. The molecule has 192 valence electrons. The van der Waals surface area contributed by atoms with Crippen molar-refractivity contribution < 1.29 is 8.78 Å². The highest BCUT2D eigenvalue weighted by Crippen LogP contribution is 2.54. The van der Waals surface area contributed by atoms with Gasteiger partial charge in [0.2, 0.25) is 0 Å². The number of piperidine rings is 2. The third-order valence-corrected chi connectivity index (χ3v) is 8.45. The number of anilines is 3. The molecule has 2 aliphatic heterocycles. The molecule has 0 atom stereocenters. The summed E-state index contributed by atoms with van der Waals surface area (Å²) in [6, 6.07) is 11.8. The molecule has 4 aromatic rings. The van der Waals surface area contributed by atoms with E-state index in [1.807, 2.05) is 52.2 Å².